The van der Waals surface area contributed by atoms with Crippen LogP contribution in [0.1, 0.15) is 39.5 Å². The van der Waals surface area contributed by atoms with Gasteiger partial charge < -0.3 is 4.74 Å². The normalized spacial score (nSPS) is 20.5. The van der Waals surface area contributed by atoms with E-state index in [1.807, 2.05) is 6.92 Å². The van der Waals surface area contributed by atoms with Gasteiger partial charge in [-0.15, -0.1) is 0 Å². The zero-order valence-electron chi connectivity index (χ0n) is 7.85. The molecule has 0 heterocycles. The van der Waals surface area contributed by atoms with Crippen molar-refractivity contribution in [3.05, 3.63) is 12.3 Å². The van der Waals surface area contributed by atoms with Gasteiger partial charge in [0, 0.05) is 6.92 Å². The molecule has 12 heavy (non-hydrogen) atoms. The van der Waals surface area contributed by atoms with Crippen LogP contribution >= 0.6 is 0 Å². The molecule has 0 amide bonds. The van der Waals surface area contributed by atoms with Gasteiger partial charge >= 0.3 is 0 Å². The summed E-state index contributed by atoms with van der Waals surface area (Å²) >= 11 is 0. The lowest BCUT2D eigenvalue weighted by molar-refractivity contribution is -0.119. The Bertz CT molecular complexity index is 200. The molecule has 1 aliphatic carbocycles. The summed E-state index contributed by atoms with van der Waals surface area (Å²) in [6, 6.07) is 0. The maximum atomic E-state index is 10.8. The third-order valence-electron chi connectivity index (χ3n) is 2.42. The van der Waals surface area contributed by atoms with E-state index < -0.39 is 0 Å². The van der Waals surface area contributed by atoms with E-state index in [1.54, 1.807) is 0 Å². The highest BCUT2D eigenvalue weighted by atomic mass is 16.5. The lowest BCUT2D eigenvalue weighted by Crippen LogP contribution is -2.25. The Labute approximate surface area is 73.6 Å². The van der Waals surface area contributed by atoms with E-state index >= 15 is 0 Å². The molecular formula is C10H16O2. The first-order valence-electron chi connectivity index (χ1n) is 4.42. The number of hydrogen-bond donors (Lipinski definition) is 0. The summed E-state index contributed by atoms with van der Waals surface area (Å²) < 4.78 is 5.52. The van der Waals surface area contributed by atoms with E-state index in [0.717, 1.165) is 12.8 Å². The minimum absolute atomic E-state index is 0.0666. The summed E-state index contributed by atoms with van der Waals surface area (Å²) in [7, 11) is 0. The largest absolute Gasteiger partial charge is 0.484 e. The van der Waals surface area contributed by atoms with Crippen LogP contribution in [0.3, 0.4) is 0 Å². The molecule has 0 bridgehead atoms. The number of ketones is 1. The Hall–Kier alpha value is -0.790. The van der Waals surface area contributed by atoms with Crippen LogP contribution in [-0.4, -0.2) is 11.4 Å². The molecule has 0 radical (unpaired) electrons. The van der Waals surface area contributed by atoms with E-state index in [0.29, 0.717) is 5.76 Å². The fourth-order valence-electron chi connectivity index (χ4n) is 1.59. The molecule has 0 aromatic carbocycles. The highest BCUT2D eigenvalue weighted by molar-refractivity contribution is 5.90. The highest BCUT2D eigenvalue weighted by Crippen LogP contribution is 2.34. The maximum absolute atomic E-state index is 10.8. The van der Waals surface area contributed by atoms with E-state index in [1.165, 1.54) is 19.8 Å². The molecule has 0 aromatic rings. The number of carbonyl (C=O) groups is 1. The molecule has 0 spiro atoms. The van der Waals surface area contributed by atoms with E-state index in [-0.39, 0.29) is 11.4 Å². The van der Waals surface area contributed by atoms with Crippen molar-refractivity contribution in [2.24, 2.45) is 0 Å². The second-order valence-electron chi connectivity index (χ2n) is 3.74. The molecule has 0 saturated heterocycles. The highest BCUT2D eigenvalue weighted by Gasteiger charge is 2.31. The molecule has 1 fully saturated rings. The van der Waals surface area contributed by atoms with Gasteiger partial charge in [0.15, 0.2) is 11.5 Å². The molecule has 0 unspecified atom stereocenters. The Balaban J connectivity index is 2.49. The lowest BCUT2D eigenvalue weighted by atomic mass is 10.1. The molecule has 0 aromatic heterocycles. The van der Waals surface area contributed by atoms with E-state index in [4.69, 9.17) is 4.74 Å². The van der Waals surface area contributed by atoms with Crippen molar-refractivity contribution in [2.75, 3.05) is 0 Å². The summed E-state index contributed by atoms with van der Waals surface area (Å²) in [5.41, 5.74) is -0.122. The van der Waals surface area contributed by atoms with Crippen molar-refractivity contribution >= 4 is 5.78 Å². The molecule has 0 N–H and O–H groups in total. The molecule has 68 valence electrons. The minimum Gasteiger partial charge on any atom is -0.484 e. The number of ether oxygens (including phenoxy) is 1. The van der Waals surface area contributed by atoms with Gasteiger partial charge in [-0.05, 0) is 32.6 Å². The zero-order valence-corrected chi connectivity index (χ0v) is 7.85. The molecule has 2 nitrogen and oxygen atoms in total. The number of rotatable bonds is 3. The van der Waals surface area contributed by atoms with Gasteiger partial charge in [0.25, 0.3) is 0 Å². The first kappa shape index (κ1) is 9.30. The van der Waals surface area contributed by atoms with Gasteiger partial charge in [-0.25, -0.2) is 0 Å². The predicted octanol–water partition coefficient (Wildman–Crippen LogP) is 2.44. The van der Waals surface area contributed by atoms with Crippen LogP contribution in [0.15, 0.2) is 12.3 Å². The summed E-state index contributed by atoms with van der Waals surface area (Å²) in [6.45, 7) is 7.13. The van der Waals surface area contributed by atoms with Crippen molar-refractivity contribution < 1.29 is 9.53 Å². The van der Waals surface area contributed by atoms with Crippen LogP contribution in [-0.2, 0) is 9.53 Å². The number of carbonyl (C=O) groups excluding carboxylic acids is 1. The summed E-state index contributed by atoms with van der Waals surface area (Å²) in [4.78, 5) is 10.8. The summed E-state index contributed by atoms with van der Waals surface area (Å²) in [5, 5.41) is 0. The third-order valence-corrected chi connectivity index (χ3v) is 2.42. The monoisotopic (exact) mass is 168 g/mol. The van der Waals surface area contributed by atoms with Crippen molar-refractivity contribution in [1.82, 2.24) is 0 Å². The lowest BCUT2D eigenvalue weighted by Gasteiger charge is -2.25. The van der Waals surface area contributed by atoms with Crippen LogP contribution in [0.2, 0.25) is 0 Å². The van der Waals surface area contributed by atoms with Gasteiger partial charge in [0.05, 0.1) is 0 Å². The topological polar surface area (TPSA) is 26.3 Å². The molecule has 0 atom stereocenters. The smallest absolute Gasteiger partial charge is 0.193 e. The summed E-state index contributed by atoms with van der Waals surface area (Å²) in [5.74, 6) is 0.238. The second kappa shape index (κ2) is 3.30. The van der Waals surface area contributed by atoms with E-state index in [9.17, 15) is 4.79 Å². The number of Topliss-reactive ketones (excluding diaryl/α,β-unsaturated/α-hetero) is 1. The number of allylic oxidation sites excluding steroid dienone is 1. The molecule has 2 heteroatoms. The standard InChI is InChI=1S/C10H16O2/c1-8(11)9(2)12-10(3)6-4-5-7-10/h2,4-7H2,1,3H3. The summed E-state index contributed by atoms with van der Waals surface area (Å²) in [6.07, 6.45) is 4.47. The first-order valence-corrected chi connectivity index (χ1v) is 4.42. The van der Waals surface area contributed by atoms with Gasteiger partial charge in [-0.2, -0.15) is 0 Å². The first-order chi connectivity index (χ1) is 5.53. The molecule has 1 rings (SSSR count). The maximum Gasteiger partial charge on any atom is 0.193 e. The average Bonchev–Trinajstić information content (AvgIpc) is 2.35. The molecule has 1 saturated carbocycles. The Morgan fingerprint density at radius 3 is 2.33 bits per heavy atom. The van der Waals surface area contributed by atoms with Crippen LogP contribution < -0.4 is 0 Å². The Morgan fingerprint density at radius 2 is 1.92 bits per heavy atom. The third kappa shape index (κ3) is 2.10. The molecule has 0 aliphatic heterocycles. The van der Waals surface area contributed by atoms with Crippen LogP contribution in [0.5, 0.6) is 0 Å². The van der Waals surface area contributed by atoms with Gasteiger partial charge in [0.2, 0.25) is 0 Å². The molecule has 1 aliphatic rings. The fourth-order valence-corrected chi connectivity index (χ4v) is 1.59. The minimum atomic E-state index is -0.122. The van der Waals surface area contributed by atoms with Crippen LogP contribution in [0.25, 0.3) is 0 Å². The Kier molecular flexibility index (Phi) is 2.55. The average molecular weight is 168 g/mol. The van der Waals surface area contributed by atoms with Crippen molar-refractivity contribution in [2.45, 2.75) is 45.1 Å². The SMILES string of the molecule is C=C(OC1(C)CCCC1)C(C)=O. The van der Waals surface area contributed by atoms with Gasteiger partial charge in [-0.1, -0.05) is 6.58 Å². The quantitative estimate of drug-likeness (QED) is 0.478. The second-order valence-corrected chi connectivity index (χ2v) is 3.74. The van der Waals surface area contributed by atoms with E-state index in [2.05, 4.69) is 6.58 Å². The van der Waals surface area contributed by atoms with Crippen molar-refractivity contribution in [1.29, 1.82) is 0 Å². The predicted molar refractivity (Wildman–Crippen MR) is 47.8 cm³/mol. The molecular weight excluding hydrogens is 152 g/mol. The van der Waals surface area contributed by atoms with Crippen LogP contribution in [0.4, 0.5) is 0 Å². The van der Waals surface area contributed by atoms with Crippen molar-refractivity contribution in [3.8, 4) is 0 Å². The van der Waals surface area contributed by atoms with Crippen LogP contribution in [0, 0.1) is 0 Å². The van der Waals surface area contributed by atoms with Gasteiger partial charge in [-0.3, -0.25) is 4.79 Å². The fraction of sp³-hybridized carbons (Fsp3) is 0.700. The zero-order chi connectivity index (χ0) is 9.19. The Morgan fingerprint density at radius 1 is 1.42 bits per heavy atom. The number of hydrogen-bond acceptors (Lipinski definition) is 2. The van der Waals surface area contributed by atoms with Crippen molar-refractivity contribution in [3.63, 3.8) is 0 Å². The van der Waals surface area contributed by atoms with Gasteiger partial charge in [0.1, 0.15) is 5.60 Å².